The van der Waals surface area contributed by atoms with E-state index in [0.29, 0.717) is 0 Å². The summed E-state index contributed by atoms with van der Waals surface area (Å²) < 4.78 is 31.7. The van der Waals surface area contributed by atoms with Crippen LogP contribution in [-0.2, 0) is 33.2 Å². The average molecular weight is 502 g/mol. The Hall–Kier alpha value is -1.09. The summed E-state index contributed by atoms with van der Waals surface area (Å²) in [6.45, 7) is -2.03. The van der Waals surface area contributed by atoms with Crippen molar-refractivity contribution < 1.29 is 79.2 Å². The third-order valence-electron chi connectivity index (χ3n) is 5.87. The van der Waals surface area contributed by atoms with Gasteiger partial charge in [-0.1, -0.05) is 0 Å². The van der Waals surface area contributed by atoms with Crippen molar-refractivity contribution in [1.82, 2.24) is 0 Å². The van der Waals surface area contributed by atoms with E-state index in [9.17, 15) is 50.8 Å². The highest BCUT2D eigenvalue weighted by atomic mass is 16.8. The predicted molar refractivity (Wildman–Crippen MR) is 100 cm³/mol. The molecule has 0 bridgehead atoms. The molecule has 3 rings (SSSR count). The van der Waals surface area contributed by atoms with Crippen LogP contribution in [0.5, 0.6) is 0 Å². The van der Waals surface area contributed by atoms with Gasteiger partial charge in [0.05, 0.1) is 19.8 Å². The molecule has 0 aromatic heterocycles. The minimum Gasteiger partial charge on any atom is -0.435 e. The molecule has 16 heteroatoms. The van der Waals surface area contributed by atoms with Gasteiger partial charge in [0.2, 0.25) is 6.29 Å². The van der Waals surface area contributed by atoms with Crippen molar-refractivity contribution in [2.45, 2.75) is 86.0 Å². The van der Waals surface area contributed by atoms with Gasteiger partial charge in [-0.25, -0.2) is 0 Å². The Kier molecular flexibility index (Phi) is 9.51. The van der Waals surface area contributed by atoms with E-state index in [1.165, 1.54) is 0 Å². The Morgan fingerprint density at radius 3 is 1.85 bits per heavy atom. The van der Waals surface area contributed by atoms with Crippen molar-refractivity contribution in [3.05, 3.63) is 0 Å². The number of hydrogen-bond acceptors (Lipinski definition) is 16. The Labute approximate surface area is 192 Å². The minimum atomic E-state index is -1.87. The number of aliphatic hydroxyl groups is 9. The molecule has 3 aliphatic heterocycles. The smallest absolute Gasteiger partial charge is 0.295 e. The van der Waals surface area contributed by atoms with Crippen molar-refractivity contribution in [3.8, 4) is 0 Å². The van der Waals surface area contributed by atoms with Gasteiger partial charge in [-0.2, -0.15) is 0 Å². The topological polar surface area (TPSA) is 255 Å². The maximum atomic E-state index is 11.0. The summed E-state index contributed by atoms with van der Waals surface area (Å²) in [4.78, 5) is 11.0. The lowest BCUT2D eigenvalue weighted by Gasteiger charge is -2.47. The molecule has 0 aromatic carbocycles. The molecule has 3 aliphatic rings. The van der Waals surface area contributed by atoms with Gasteiger partial charge < -0.3 is 74.4 Å². The average Bonchev–Trinajstić information content (AvgIpc) is 2.82. The van der Waals surface area contributed by atoms with Crippen molar-refractivity contribution >= 4 is 6.47 Å². The van der Waals surface area contributed by atoms with Crippen LogP contribution in [0.2, 0.25) is 0 Å². The van der Waals surface area contributed by atoms with E-state index >= 15 is 0 Å². The zero-order valence-corrected chi connectivity index (χ0v) is 17.7. The Morgan fingerprint density at radius 2 is 1.24 bits per heavy atom. The molecule has 0 spiro atoms. The van der Waals surface area contributed by atoms with Gasteiger partial charge in [0, 0.05) is 0 Å². The fourth-order valence-electron chi connectivity index (χ4n) is 3.89. The standard InChI is InChI=1S/C18H30O16/c19-1-6-9(24)11(26)13(28)17(31-6)33-14-10(25)7(2-20)32-18(30-4-21)15(14)34-16-12(27)8(23)5(22)3-29-16/h4-20,22-28H,1-3H2/t5?,6?,7?,8?,9?,10?,11?,12?,13?,14?,15?,16-,17?,18?/m0/s1. The van der Waals surface area contributed by atoms with E-state index in [2.05, 4.69) is 0 Å². The first kappa shape index (κ1) is 27.5. The third-order valence-corrected chi connectivity index (χ3v) is 5.87. The summed E-state index contributed by atoms with van der Waals surface area (Å²) >= 11 is 0. The normalized spacial score (nSPS) is 50.0. The first-order valence-electron chi connectivity index (χ1n) is 10.4. The Balaban J connectivity index is 1.86. The second-order valence-electron chi connectivity index (χ2n) is 8.10. The number of rotatable bonds is 8. The van der Waals surface area contributed by atoms with E-state index in [4.69, 9.17) is 28.4 Å². The second kappa shape index (κ2) is 11.8. The highest BCUT2D eigenvalue weighted by Gasteiger charge is 2.54. The summed E-state index contributed by atoms with van der Waals surface area (Å²) in [5.74, 6) is 0. The molecule has 16 nitrogen and oxygen atoms in total. The van der Waals surface area contributed by atoms with E-state index in [1.807, 2.05) is 0 Å². The zero-order valence-electron chi connectivity index (χ0n) is 17.7. The van der Waals surface area contributed by atoms with Crippen LogP contribution in [0.4, 0.5) is 0 Å². The van der Waals surface area contributed by atoms with Crippen molar-refractivity contribution in [2.24, 2.45) is 0 Å². The van der Waals surface area contributed by atoms with Gasteiger partial charge in [-0.05, 0) is 0 Å². The summed E-state index contributed by atoms with van der Waals surface area (Å²) in [6.07, 6.45) is -23.1. The summed E-state index contributed by atoms with van der Waals surface area (Å²) in [6, 6.07) is 0. The van der Waals surface area contributed by atoms with Gasteiger partial charge in [0.1, 0.15) is 61.0 Å². The molecule has 34 heavy (non-hydrogen) atoms. The molecule has 0 radical (unpaired) electrons. The lowest BCUT2D eigenvalue weighted by Crippen LogP contribution is -2.66. The van der Waals surface area contributed by atoms with Crippen LogP contribution < -0.4 is 0 Å². The molecule has 0 amide bonds. The SMILES string of the molecule is O=COC1OC(CO)C(O)C(OC2OC(CO)C(O)C(O)C2O)C1O[C@@H]1OCC(O)C(O)C1O. The molecular weight excluding hydrogens is 472 g/mol. The molecule has 0 saturated carbocycles. The second-order valence-corrected chi connectivity index (χ2v) is 8.10. The largest absolute Gasteiger partial charge is 0.435 e. The fraction of sp³-hybridized carbons (Fsp3) is 0.944. The number of hydrogen-bond donors (Lipinski definition) is 9. The first-order valence-corrected chi connectivity index (χ1v) is 10.4. The monoisotopic (exact) mass is 502 g/mol. The molecule has 0 aliphatic carbocycles. The summed E-state index contributed by atoms with van der Waals surface area (Å²) in [5, 5.41) is 89.6. The first-order chi connectivity index (χ1) is 16.1. The highest BCUT2D eigenvalue weighted by molar-refractivity contribution is 5.37. The summed E-state index contributed by atoms with van der Waals surface area (Å²) in [7, 11) is 0. The molecule has 0 aromatic rings. The van der Waals surface area contributed by atoms with Crippen LogP contribution in [-0.4, -0.2) is 158 Å². The quantitative estimate of drug-likeness (QED) is 0.140. The van der Waals surface area contributed by atoms with Crippen molar-refractivity contribution in [2.75, 3.05) is 19.8 Å². The molecule has 3 heterocycles. The molecule has 14 atom stereocenters. The molecule has 3 fully saturated rings. The molecular formula is C18H30O16. The maximum Gasteiger partial charge on any atom is 0.295 e. The molecule has 198 valence electrons. The minimum absolute atomic E-state index is 0.0329. The highest BCUT2D eigenvalue weighted by Crippen LogP contribution is 2.32. The van der Waals surface area contributed by atoms with Gasteiger partial charge >= 0.3 is 0 Å². The van der Waals surface area contributed by atoms with Crippen LogP contribution in [0.3, 0.4) is 0 Å². The lowest BCUT2D eigenvalue weighted by molar-refractivity contribution is -0.381. The molecule has 3 saturated heterocycles. The fourth-order valence-corrected chi connectivity index (χ4v) is 3.89. The van der Waals surface area contributed by atoms with E-state index in [0.717, 1.165) is 0 Å². The number of carbonyl (C=O) groups excluding carboxylic acids is 1. The van der Waals surface area contributed by atoms with Crippen LogP contribution in [0, 0.1) is 0 Å². The zero-order chi connectivity index (χ0) is 25.2. The van der Waals surface area contributed by atoms with Crippen LogP contribution >= 0.6 is 0 Å². The Bertz CT molecular complexity index is 651. The van der Waals surface area contributed by atoms with Gasteiger partial charge in [-0.15, -0.1) is 0 Å². The van der Waals surface area contributed by atoms with E-state index in [-0.39, 0.29) is 6.47 Å². The molecule has 13 unspecified atom stereocenters. The van der Waals surface area contributed by atoms with Crippen LogP contribution in [0.1, 0.15) is 0 Å². The third kappa shape index (κ3) is 5.50. The van der Waals surface area contributed by atoms with E-state index < -0.39 is 106 Å². The number of ether oxygens (including phenoxy) is 6. The predicted octanol–water partition coefficient (Wildman–Crippen LogP) is -6.75. The van der Waals surface area contributed by atoms with Gasteiger partial charge in [0.15, 0.2) is 18.7 Å². The van der Waals surface area contributed by atoms with Gasteiger partial charge in [-0.3, -0.25) is 4.79 Å². The van der Waals surface area contributed by atoms with Crippen LogP contribution in [0.25, 0.3) is 0 Å². The molecule has 9 N–H and O–H groups in total. The maximum absolute atomic E-state index is 11.0. The summed E-state index contributed by atoms with van der Waals surface area (Å²) in [5.41, 5.74) is 0. The Morgan fingerprint density at radius 1 is 0.676 bits per heavy atom. The number of carbonyl (C=O) groups is 1. The van der Waals surface area contributed by atoms with Crippen molar-refractivity contribution in [3.63, 3.8) is 0 Å². The number of aliphatic hydroxyl groups excluding tert-OH is 9. The van der Waals surface area contributed by atoms with Gasteiger partial charge in [0.25, 0.3) is 6.47 Å². The lowest BCUT2D eigenvalue weighted by atomic mass is 9.96. The van der Waals surface area contributed by atoms with Crippen LogP contribution in [0.15, 0.2) is 0 Å². The van der Waals surface area contributed by atoms with E-state index in [1.54, 1.807) is 0 Å². The van der Waals surface area contributed by atoms with Crippen molar-refractivity contribution in [1.29, 1.82) is 0 Å².